The molecule has 1 aromatic carbocycles. The van der Waals surface area contributed by atoms with Gasteiger partial charge in [0.1, 0.15) is 5.75 Å². The molecule has 0 aliphatic carbocycles. The summed E-state index contributed by atoms with van der Waals surface area (Å²) in [5.74, 6) is 5.75. The summed E-state index contributed by atoms with van der Waals surface area (Å²) in [5.41, 5.74) is 3.30. The number of rotatable bonds is 6. The summed E-state index contributed by atoms with van der Waals surface area (Å²) >= 11 is 0. The lowest BCUT2D eigenvalue weighted by molar-refractivity contribution is -0.121. The van der Waals surface area contributed by atoms with Crippen LogP contribution in [-0.4, -0.2) is 12.0 Å². The van der Waals surface area contributed by atoms with Crippen LogP contribution >= 0.6 is 0 Å². The van der Waals surface area contributed by atoms with E-state index < -0.39 is 0 Å². The summed E-state index contributed by atoms with van der Waals surface area (Å²) in [4.78, 5) is 11.0. The molecule has 4 heteroatoms. The maximum atomic E-state index is 11.0. The summed E-state index contributed by atoms with van der Waals surface area (Å²) in [6, 6.07) is 7.96. The minimum atomic E-state index is -0.163. The van der Waals surface area contributed by atoms with Crippen molar-refractivity contribution in [2.45, 2.75) is 39.2 Å². The van der Waals surface area contributed by atoms with Gasteiger partial charge in [-0.15, -0.1) is 0 Å². The first-order chi connectivity index (χ1) is 8.17. The zero-order chi connectivity index (χ0) is 12.7. The highest BCUT2D eigenvalue weighted by atomic mass is 16.5. The maximum absolute atomic E-state index is 11.0. The number of benzene rings is 1. The molecule has 0 saturated carbocycles. The van der Waals surface area contributed by atoms with Crippen LogP contribution in [-0.2, 0) is 11.2 Å². The number of carbonyl (C=O) groups excluding carboxylic acids is 1. The van der Waals surface area contributed by atoms with Gasteiger partial charge in [0.25, 0.3) is 0 Å². The van der Waals surface area contributed by atoms with Gasteiger partial charge in [-0.05, 0) is 31.4 Å². The fraction of sp³-hybridized carbons (Fsp3) is 0.462. The van der Waals surface area contributed by atoms with Gasteiger partial charge < -0.3 is 4.74 Å². The molecule has 1 atom stereocenters. The highest BCUT2D eigenvalue weighted by Crippen LogP contribution is 2.20. The zero-order valence-electron chi connectivity index (χ0n) is 10.4. The SMILES string of the molecule is CCc1ccccc1OC(C)CCC(=O)NN. The van der Waals surface area contributed by atoms with Gasteiger partial charge in [-0.2, -0.15) is 0 Å². The molecule has 4 nitrogen and oxygen atoms in total. The van der Waals surface area contributed by atoms with E-state index in [9.17, 15) is 4.79 Å². The van der Waals surface area contributed by atoms with Crippen LogP contribution in [0.1, 0.15) is 32.3 Å². The smallest absolute Gasteiger partial charge is 0.234 e. The minimum Gasteiger partial charge on any atom is -0.490 e. The van der Waals surface area contributed by atoms with Gasteiger partial charge in [-0.25, -0.2) is 5.84 Å². The first-order valence-electron chi connectivity index (χ1n) is 5.91. The molecule has 1 aromatic rings. The number of ether oxygens (including phenoxy) is 1. The Labute approximate surface area is 102 Å². The van der Waals surface area contributed by atoms with Crippen molar-refractivity contribution in [3.8, 4) is 5.75 Å². The molecule has 0 aromatic heterocycles. The van der Waals surface area contributed by atoms with Crippen molar-refractivity contribution in [3.05, 3.63) is 29.8 Å². The fourth-order valence-electron chi connectivity index (χ4n) is 1.59. The first-order valence-corrected chi connectivity index (χ1v) is 5.91. The van der Waals surface area contributed by atoms with E-state index in [1.54, 1.807) is 0 Å². The van der Waals surface area contributed by atoms with Crippen LogP contribution in [0.2, 0.25) is 0 Å². The molecule has 0 aliphatic heterocycles. The molecule has 1 amide bonds. The van der Waals surface area contributed by atoms with Crippen molar-refractivity contribution >= 4 is 5.91 Å². The maximum Gasteiger partial charge on any atom is 0.234 e. The van der Waals surface area contributed by atoms with Crippen molar-refractivity contribution in [1.29, 1.82) is 0 Å². The van der Waals surface area contributed by atoms with Crippen LogP contribution in [0.5, 0.6) is 5.75 Å². The summed E-state index contributed by atoms with van der Waals surface area (Å²) in [6.45, 7) is 4.05. The zero-order valence-corrected chi connectivity index (χ0v) is 10.4. The summed E-state index contributed by atoms with van der Waals surface area (Å²) in [5, 5.41) is 0. The molecule has 0 fully saturated rings. The Kier molecular flexibility index (Phi) is 5.49. The molecule has 0 bridgehead atoms. The molecule has 17 heavy (non-hydrogen) atoms. The molecule has 3 N–H and O–H groups in total. The highest BCUT2D eigenvalue weighted by molar-refractivity contribution is 5.75. The van der Waals surface area contributed by atoms with Crippen LogP contribution < -0.4 is 16.0 Å². The van der Waals surface area contributed by atoms with Crippen LogP contribution in [0.3, 0.4) is 0 Å². The molecule has 0 saturated heterocycles. The Balaban J connectivity index is 2.50. The molecular formula is C13H20N2O2. The molecule has 1 unspecified atom stereocenters. The van der Waals surface area contributed by atoms with E-state index in [-0.39, 0.29) is 12.0 Å². The van der Waals surface area contributed by atoms with Crippen molar-refractivity contribution < 1.29 is 9.53 Å². The number of hydrazine groups is 1. The number of carbonyl (C=O) groups is 1. The quantitative estimate of drug-likeness (QED) is 0.449. The molecular weight excluding hydrogens is 216 g/mol. The van der Waals surface area contributed by atoms with E-state index in [1.165, 1.54) is 5.56 Å². The Morgan fingerprint density at radius 1 is 1.47 bits per heavy atom. The molecule has 1 rings (SSSR count). The van der Waals surface area contributed by atoms with E-state index in [2.05, 4.69) is 18.4 Å². The number of para-hydroxylation sites is 1. The second-order valence-corrected chi connectivity index (χ2v) is 4.00. The summed E-state index contributed by atoms with van der Waals surface area (Å²) in [7, 11) is 0. The van der Waals surface area contributed by atoms with Crippen molar-refractivity contribution in [2.75, 3.05) is 0 Å². The number of amides is 1. The average Bonchev–Trinajstić information content (AvgIpc) is 2.36. The van der Waals surface area contributed by atoms with E-state index in [1.807, 2.05) is 25.1 Å². The van der Waals surface area contributed by atoms with Gasteiger partial charge in [0.15, 0.2) is 0 Å². The van der Waals surface area contributed by atoms with Gasteiger partial charge in [0, 0.05) is 6.42 Å². The third-order valence-electron chi connectivity index (χ3n) is 2.62. The van der Waals surface area contributed by atoms with Gasteiger partial charge >= 0.3 is 0 Å². The van der Waals surface area contributed by atoms with Crippen LogP contribution in [0.25, 0.3) is 0 Å². The predicted octanol–water partition coefficient (Wildman–Crippen LogP) is 1.79. The lowest BCUT2D eigenvalue weighted by Gasteiger charge is -2.16. The van der Waals surface area contributed by atoms with E-state index in [4.69, 9.17) is 10.6 Å². The highest BCUT2D eigenvalue weighted by Gasteiger charge is 2.09. The summed E-state index contributed by atoms with van der Waals surface area (Å²) in [6.07, 6.45) is 1.97. The third kappa shape index (κ3) is 4.44. The Morgan fingerprint density at radius 2 is 2.18 bits per heavy atom. The van der Waals surface area contributed by atoms with Gasteiger partial charge in [-0.3, -0.25) is 10.2 Å². The van der Waals surface area contributed by atoms with E-state index in [0.717, 1.165) is 12.2 Å². The third-order valence-corrected chi connectivity index (χ3v) is 2.62. The number of hydrogen-bond acceptors (Lipinski definition) is 3. The van der Waals surface area contributed by atoms with E-state index in [0.29, 0.717) is 12.8 Å². The van der Waals surface area contributed by atoms with E-state index >= 15 is 0 Å². The number of aryl methyl sites for hydroxylation is 1. The molecule has 0 heterocycles. The normalized spacial score (nSPS) is 11.9. The van der Waals surface area contributed by atoms with Crippen LogP contribution in [0.15, 0.2) is 24.3 Å². The Morgan fingerprint density at radius 3 is 2.82 bits per heavy atom. The van der Waals surface area contributed by atoms with Gasteiger partial charge in [0.05, 0.1) is 6.10 Å². The van der Waals surface area contributed by atoms with Crippen molar-refractivity contribution in [1.82, 2.24) is 5.43 Å². The molecule has 94 valence electrons. The van der Waals surface area contributed by atoms with Crippen molar-refractivity contribution in [2.24, 2.45) is 5.84 Å². The Hall–Kier alpha value is -1.55. The fourth-order valence-corrected chi connectivity index (χ4v) is 1.59. The lowest BCUT2D eigenvalue weighted by Crippen LogP contribution is -2.30. The average molecular weight is 236 g/mol. The monoisotopic (exact) mass is 236 g/mol. The molecule has 0 aliphatic rings. The number of hydrogen-bond donors (Lipinski definition) is 2. The topological polar surface area (TPSA) is 64.3 Å². The lowest BCUT2D eigenvalue weighted by atomic mass is 10.1. The predicted molar refractivity (Wildman–Crippen MR) is 67.5 cm³/mol. The second-order valence-electron chi connectivity index (χ2n) is 4.00. The Bertz CT molecular complexity index is 366. The summed E-state index contributed by atoms with van der Waals surface area (Å²) < 4.78 is 5.81. The van der Waals surface area contributed by atoms with Gasteiger partial charge in [0.2, 0.25) is 5.91 Å². The number of nitrogens with two attached hydrogens (primary N) is 1. The minimum absolute atomic E-state index is 0.000000000000000222. The second kappa shape index (κ2) is 6.91. The van der Waals surface area contributed by atoms with Gasteiger partial charge in [-0.1, -0.05) is 25.1 Å². The molecule has 0 spiro atoms. The number of nitrogens with one attached hydrogen (secondary N) is 1. The molecule has 0 radical (unpaired) electrons. The standard InChI is InChI=1S/C13H20N2O2/c1-3-11-6-4-5-7-12(11)17-10(2)8-9-13(16)15-14/h4-7,10H,3,8-9,14H2,1-2H3,(H,15,16). The first kappa shape index (κ1) is 13.5. The van der Waals surface area contributed by atoms with Crippen LogP contribution in [0.4, 0.5) is 0 Å². The van der Waals surface area contributed by atoms with Crippen molar-refractivity contribution in [3.63, 3.8) is 0 Å². The largest absolute Gasteiger partial charge is 0.490 e. The van der Waals surface area contributed by atoms with Crippen LogP contribution in [0, 0.1) is 0 Å².